The summed E-state index contributed by atoms with van der Waals surface area (Å²) in [5.41, 5.74) is 1.35. The standard InChI is InChI=1S/C20H15F4NO4S/c21-19(22)28-13-7-5-11(15(10-13)29-20(23)24)9-12(6-8-17(26)27)18-25-14-3-1-2-4-16(14)30-18/h1-5,7,9-10,19-20H,6,8H2,(H,26,27)/b12-9+. The molecule has 0 radical (unpaired) electrons. The molecule has 0 spiro atoms. The molecule has 0 aliphatic rings. The number of para-hydroxylation sites is 1. The second-order valence-corrected chi connectivity index (χ2v) is 7.04. The molecule has 2 aromatic carbocycles. The summed E-state index contributed by atoms with van der Waals surface area (Å²) >= 11 is 1.32. The van der Waals surface area contributed by atoms with E-state index in [-0.39, 0.29) is 29.9 Å². The van der Waals surface area contributed by atoms with Crippen LogP contribution in [0.15, 0.2) is 42.5 Å². The number of aliphatic carboxylic acids is 1. The van der Waals surface area contributed by atoms with Crippen LogP contribution in [0.25, 0.3) is 21.9 Å². The molecular formula is C20H15F4NO4S. The number of benzene rings is 2. The first-order valence-corrected chi connectivity index (χ1v) is 9.45. The minimum Gasteiger partial charge on any atom is -0.481 e. The Hall–Kier alpha value is -3.14. The number of hydrogen-bond donors (Lipinski definition) is 1. The van der Waals surface area contributed by atoms with Gasteiger partial charge >= 0.3 is 19.2 Å². The van der Waals surface area contributed by atoms with Crippen LogP contribution in [0.2, 0.25) is 0 Å². The fraction of sp³-hybridized carbons (Fsp3) is 0.200. The number of thiazole rings is 1. The van der Waals surface area contributed by atoms with Gasteiger partial charge in [-0.05, 0) is 42.3 Å². The maximum Gasteiger partial charge on any atom is 0.387 e. The quantitative estimate of drug-likeness (QED) is 0.419. The molecule has 0 unspecified atom stereocenters. The number of carbonyl (C=O) groups is 1. The number of fused-ring (bicyclic) bond motifs is 1. The zero-order valence-electron chi connectivity index (χ0n) is 15.2. The van der Waals surface area contributed by atoms with Crippen LogP contribution in [0.3, 0.4) is 0 Å². The van der Waals surface area contributed by atoms with Crippen LogP contribution in [0.1, 0.15) is 23.4 Å². The first kappa shape index (κ1) is 21.6. The van der Waals surface area contributed by atoms with Gasteiger partial charge in [-0.15, -0.1) is 11.3 Å². The highest BCUT2D eigenvalue weighted by atomic mass is 32.1. The lowest BCUT2D eigenvalue weighted by molar-refractivity contribution is -0.136. The number of rotatable bonds is 9. The molecule has 0 fully saturated rings. The average molecular weight is 441 g/mol. The number of aromatic nitrogens is 1. The number of alkyl halides is 4. The molecule has 1 aromatic heterocycles. The number of carboxylic acid groups (broad SMARTS) is 1. The minimum atomic E-state index is -3.19. The Bertz CT molecular complexity index is 1030. The summed E-state index contributed by atoms with van der Waals surface area (Å²) in [7, 11) is 0. The number of hydrogen-bond acceptors (Lipinski definition) is 5. The second-order valence-electron chi connectivity index (χ2n) is 6.01. The van der Waals surface area contributed by atoms with E-state index in [0.717, 1.165) is 10.8 Å². The Morgan fingerprint density at radius 1 is 1.07 bits per heavy atom. The summed E-state index contributed by atoms with van der Waals surface area (Å²) in [6.07, 6.45) is 1.34. The molecule has 10 heteroatoms. The largest absolute Gasteiger partial charge is 0.481 e. The van der Waals surface area contributed by atoms with Crippen LogP contribution in [-0.2, 0) is 4.79 Å². The van der Waals surface area contributed by atoms with E-state index in [9.17, 15) is 22.4 Å². The molecule has 3 rings (SSSR count). The maximum atomic E-state index is 12.8. The molecule has 1 heterocycles. The number of allylic oxidation sites excluding steroid dienone is 1. The third-order valence-electron chi connectivity index (χ3n) is 3.93. The van der Waals surface area contributed by atoms with Crippen molar-refractivity contribution in [2.75, 3.05) is 0 Å². The van der Waals surface area contributed by atoms with Gasteiger partial charge in [0, 0.05) is 18.1 Å². The van der Waals surface area contributed by atoms with Crippen molar-refractivity contribution in [3.8, 4) is 11.5 Å². The summed E-state index contributed by atoms with van der Waals surface area (Å²) in [6, 6.07) is 10.7. The van der Waals surface area contributed by atoms with E-state index in [1.807, 2.05) is 18.2 Å². The Morgan fingerprint density at radius 2 is 1.80 bits per heavy atom. The molecule has 5 nitrogen and oxygen atoms in total. The SMILES string of the molecule is O=C(O)CC/C(=C\c1ccc(OC(F)F)cc1OC(F)F)c1nc2ccccc2s1. The van der Waals surface area contributed by atoms with Gasteiger partial charge in [0.05, 0.1) is 10.2 Å². The molecule has 0 saturated carbocycles. The number of ether oxygens (including phenoxy) is 2. The monoisotopic (exact) mass is 441 g/mol. The van der Waals surface area contributed by atoms with Crippen molar-refractivity contribution in [1.29, 1.82) is 0 Å². The van der Waals surface area contributed by atoms with Crippen LogP contribution in [0.5, 0.6) is 11.5 Å². The normalized spacial score (nSPS) is 12.0. The molecule has 0 aliphatic heterocycles. The van der Waals surface area contributed by atoms with Crippen molar-refractivity contribution in [2.45, 2.75) is 26.1 Å². The van der Waals surface area contributed by atoms with E-state index >= 15 is 0 Å². The van der Waals surface area contributed by atoms with Crippen LogP contribution in [0.4, 0.5) is 17.6 Å². The van der Waals surface area contributed by atoms with Gasteiger partial charge in [-0.2, -0.15) is 17.6 Å². The fourth-order valence-electron chi connectivity index (χ4n) is 2.69. The first-order valence-electron chi connectivity index (χ1n) is 8.64. The molecule has 0 atom stereocenters. The van der Waals surface area contributed by atoms with Crippen LogP contribution in [0, 0.1) is 0 Å². The molecule has 0 saturated heterocycles. The maximum absolute atomic E-state index is 12.8. The number of carboxylic acids is 1. The van der Waals surface area contributed by atoms with Crippen molar-refractivity contribution in [1.82, 2.24) is 4.98 Å². The summed E-state index contributed by atoms with van der Waals surface area (Å²) in [5.74, 6) is -1.76. The van der Waals surface area contributed by atoms with E-state index in [4.69, 9.17) is 5.11 Å². The molecule has 158 valence electrons. The lowest BCUT2D eigenvalue weighted by atomic mass is 10.1. The summed E-state index contributed by atoms with van der Waals surface area (Å²) < 4.78 is 60.1. The van der Waals surface area contributed by atoms with Gasteiger partial charge in [-0.3, -0.25) is 4.79 Å². The lowest BCUT2D eigenvalue weighted by Crippen LogP contribution is -2.06. The summed E-state index contributed by atoms with van der Waals surface area (Å²) in [6.45, 7) is -6.32. The average Bonchev–Trinajstić information content (AvgIpc) is 3.09. The Balaban J connectivity index is 2.05. The highest BCUT2D eigenvalue weighted by Gasteiger charge is 2.16. The minimum absolute atomic E-state index is 0.0819. The van der Waals surface area contributed by atoms with Crippen molar-refractivity contribution in [3.63, 3.8) is 0 Å². The fourth-order valence-corrected chi connectivity index (χ4v) is 3.70. The van der Waals surface area contributed by atoms with Gasteiger partial charge in [0.2, 0.25) is 0 Å². The number of halogens is 4. The van der Waals surface area contributed by atoms with Crippen molar-refractivity contribution < 1.29 is 36.9 Å². The molecule has 3 aromatic rings. The van der Waals surface area contributed by atoms with Gasteiger partial charge in [0.1, 0.15) is 16.5 Å². The zero-order chi connectivity index (χ0) is 21.7. The van der Waals surface area contributed by atoms with Gasteiger partial charge in [-0.25, -0.2) is 4.98 Å². The molecule has 0 bridgehead atoms. The van der Waals surface area contributed by atoms with E-state index in [2.05, 4.69) is 14.5 Å². The van der Waals surface area contributed by atoms with Crippen LogP contribution < -0.4 is 9.47 Å². The van der Waals surface area contributed by atoms with E-state index in [0.29, 0.717) is 16.1 Å². The van der Waals surface area contributed by atoms with Crippen LogP contribution >= 0.6 is 11.3 Å². The third-order valence-corrected chi connectivity index (χ3v) is 5.04. The van der Waals surface area contributed by atoms with E-state index < -0.39 is 19.2 Å². The van der Waals surface area contributed by atoms with Gasteiger partial charge in [-0.1, -0.05) is 12.1 Å². The highest BCUT2D eigenvalue weighted by Crippen LogP contribution is 2.34. The van der Waals surface area contributed by atoms with Gasteiger partial charge < -0.3 is 14.6 Å². The highest BCUT2D eigenvalue weighted by molar-refractivity contribution is 7.19. The lowest BCUT2D eigenvalue weighted by Gasteiger charge is -2.12. The van der Waals surface area contributed by atoms with E-state index in [1.165, 1.54) is 29.5 Å². The van der Waals surface area contributed by atoms with Crippen LogP contribution in [-0.4, -0.2) is 29.3 Å². The molecular weight excluding hydrogens is 426 g/mol. The van der Waals surface area contributed by atoms with Gasteiger partial charge in [0.25, 0.3) is 0 Å². The first-order chi connectivity index (χ1) is 14.3. The van der Waals surface area contributed by atoms with Crippen molar-refractivity contribution >= 4 is 39.2 Å². The summed E-state index contributed by atoms with van der Waals surface area (Å²) in [4.78, 5) is 15.5. The van der Waals surface area contributed by atoms with E-state index in [1.54, 1.807) is 6.07 Å². The summed E-state index contributed by atoms with van der Waals surface area (Å²) in [5, 5.41) is 9.57. The molecule has 0 aliphatic carbocycles. The Kier molecular flexibility index (Phi) is 6.88. The molecule has 30 heavy (non-hydrogen) atoms. The zero-order valence-corrected chi connectivity index (χ0v) is 16.0. The molecule has 0 amide bonds. The second kappa shape index (κ2) is 9.57. The molecule has 1 N–H and O–H groups in total. The van der Waals surface area contributed by atoms with Crippen molar-refractivity contribution in [3.05, 3.63) is 53.0 Å². The third kappa shape index (κ3) is 5.69. The smallest absolute Gasteiger partial charge is 0.387 e. The Labute approximate surface area is 172 Å². The number of nitrogens with zero attached hydrogens (tertiary/aromatic N) is 1. The Morgan fingerprint density at radius 3 is 2.47 bits per heavy atom. The van der Waals surface area contributed by atoms with Crippen molar-refractivity contribution in [2.24, 2.45) is 0 Å². The topological polar surface area (TPSA) is 68.7 Å². The predicted molar refractivity (Wildman–Crippen MR) is 104 cm³/mol. The van der Waals surface area contributed by atoms with Gasteiger partial charge in [0.15, 0.2) is 0 Å². The predicted octanol–water partition coefficient (Wildman–Crippen LogP) is 5.90.